The van der Waals surface area contributed by atoms with Gasteiger partial charge in [0.05, 0.1) is 6.04 Å². The van der Waals surface area contributed by atoms with Crippen LogP contribution in [-0.4, -0.2) is 23.9 Å². The monoisotopic (exact) mass is 248 g/mol. The number of likely N-dealkylation sites (N-methyl/N-ethyl adjacent to an activating group) is 1. The molecule has 3 heteroatoms. The van der Waals surface area contributed by atoms with E-state index in [9.17, 15) is 4.79 Å². The highest BCUT2D eigenvalue weighted by molar-refractivity contribution is 5.81. The fourth-order valence-corrected chi connectivity index (χ4v) is 2.07. The Hall–Kier alpha value is -1.35. The summed E-state index contributed by atoms with van der Waals surface area (Å²) < 4.78 is 0. The Kier molecular flexibility index (Phi) is 5.35. The minimum absolute atomic E-state index is 0.0248. The van der Waals surface area contributed by atoms with Crippen LogP contribution in [0.3, 0.4) is 0 Å². The van der Waals surface area contributed by atoms with E-state index < -0.39 is 0 Å². The number of rotatable bonds is 5. The van der Waals surface area contributed by atoms with Gasteiger partial charge in [-0.3, -0.25) is 4.79 Å². The predicted molar refractivity (Wildman–Crippen MR) is 75.3 cm³/mol. The molecule has 18 heavy (non-hydrogen) atoms. The maximum absolute atomic E-state index is 12.0. The lowest BCUT2D eigenvalue weighted by Crippen LogP contribution is -2.41. The average molecular weight is 248 g/mol. The molecule has 3 nitrogen and oxygen atoms in total. The summed E-state index contributed by atoms with van der Waals surface area (Å²) in [6.45, 7) is 6.81. The fraction of sp³-hybridized carbons (Fsp3) is 0.533. The Morgan fingerprint density at radius 2 is 2.06 bits per heavy atom. The van der Waals surface area contributed by atoms with Crippen LogP contribution in [0.15, 0.2) is 18.2 Å². The van der Waals surface area contributed by atoms with Crippen LogP contribution in [0.1, 0.15) is 36.5 Å². The van der Waals surface area contributed by atoms with Crippen LogP contribution in [-0.2, 0) is 11.3 Å². The summed E-state index contributed by atoms with van der Waals surface area (Å²) in [6.07, 6.45) is 1.68. The summed E-state index contributed by atoms with van der Waals surface area (Å²) in [4.78, 5) is 13.7. The highest BCUT2D eigenvalue weighted by Gasteiger charge is 2.17. The van der Waals surface area contributed by atoms with Crippen molar-refractivity contribution < 1.29 is 4.79 Å². The van der Waals surface area contributed by atoms with Crippen molar-refractivity contribution in [1.82, 2.24) is 4.90 Å². The molecular formula is C15H24N2O. The van der Waals surface area contributed by atoms with Gasteiger partial charge in [0, 0.05) is 13.6 Å². The lowest BCUT2D eigenvalue weighted by Gasteiger charge is -2.22. The summed E-state index contributed by atoms with van der Waals surface area (Å²) in [7, 11) is 1.82. The molecule has 0 fully saturated rings. The molecule has 1 aromatic rings. The van der Waals surface area contributed by atoms with Crippen LogP contribution in [0, 0.1) is 13.8 Å². The number of aryl methyl sites for hydroxylation is 2. The van der Waals surface area contributed by atoms with Crippen LogP contribution in [0.25, 0.3) is 0 Å². The first-order valence-electron chi connectivity index (χ1n) is 6.52. The number of carbonyl (C=O) groups excluding carboxylic acids is 1. The van der Waals surface area contributed by atoms with Crippen molar-refractivity contribution >= 4 is 5.91 Å². The molecule has 2 N–H and O–H groups in total. The summed E-state index contributed by atoms with van der Waals surface area (Å²) in [5.41, 5.74) is 9.50. The quantitative estimate of drug-likeness (QED) is 0.869. The zero-order valence-corrected chi connectivity index (χ0v) is 11.9. The van der Waals surface area contributed by atoms with E-state index in [1.807, 2.05) is 14.0 Å². The molecule has 0 saturated carbocycles. The molecule has 0 heterocycles. The van der Waals surface area contributed by atoms with E-state index >= 15 is 0 Å². The third-order valence-corrected chi connectivity index (χ3v) is 3.20. The summed E-state index contributed by atoms with van der Waals surface area (Å²) in [5.74, 6) is 0.0248. The second-order valence-corrected chi connectivity index (χ2v) is 5.02. The minimum atomic E-state index is -0.370. The Morgan fingerprint density at radius 1 is 1.39 bits per heavy atom. The molecule has 1 atom stereocenters. The van der Waals surface area contributed by atoms with Gasteiger partial charge in [0.15, 0.2) is 0 Å². The number of nitrogens with two attached hydrogens (primary N) is 1. The first-order valence-corrected chi connectivity index (χ1v) is 6.52. The Morgan fingerprint density at radius 3 is 2.61 bits per heavy atom. The second kappa shape index (κ2) is 6.55. The van der Waals surface area contributed by atoms with E-state index in [0.717, 1.165) is 12.8 Å². The fourth-order valence-electron chi connectivity index (χ4n) is 2.07. The van der Waals surface area contributed by atoms with Gasteiger partial charge >= 0.3 is 0 Å². The molecule has 0 aliphatic carbocycles. The highest BCUT2D eigenvalue weighted by atomic mass is 16.2. The zero-order chi connectivity index (χ0) is 13.7. The van der Waals surface area contributed by atoms with Crippen molar-refractivity contribution in [2.45, 2.75) is 46.2 Å². The largest absolute Gasteiger partial charge is 0.340 e. The average Bonchev–Trinajstić information content (AvgIpc) is 2.32. The topological polar surface area (TPSA) is 46.3 Å². The molecule has 0 aliphatic heterocycles. The van der Waals surface area contributed by atoms with Gasteiger partial charge in [-0.25, -0.2) is 0 Å². The van der Waals surface area contributed by atoms with Crippen molar-refractivity contribution in [2.75, 3.05) is 7.05 Å². The van der Waals surface area contributed by atoms with Crippen molar-refractivity contribution in [3.05, 3.63) is 34.9 Å². The smallest absolute Gasteiger partial charge is 0.239 e. The molecule has 0 spiro atoms. The Labute approximate surface area is 110 Å². The summed E-state index contributed by atoms with van der Waals surface area (Å²) in [5, 5.41) is 0. The molecule has 0 saturated heterocycles. The number of amides is 1. The van der Waals surface area contributed by atoms with Crippen LogP contribution in [0.2, 0.25) is 0 Å². The molecule has 100 valence electrons. The maximum Gasteiger partial charge on any atom is 0.239 e. The maximum atomic E-state index is 12.0. The SMILES string of the molecule is CCC[C@H](N)C(=O)N(C)Cc1ccc(C)cc1C. The Bertz CT molecular complexity index is 415. The van der Waals surface area contributed by atoms with E-state index in [1.165, 1.54) is 16.7 Å². The molecule has 1 aromatic carbocycles. The van der Waals surface area contributed by atoms with Crippen molar-refractivity contribution in [3.63, 3.8) is 0 Å². The van der Waals surface area contributed by atoms with Crippen molar-refractivity contribution in [2.24, 2.45) is 5.73 Å². The van der Waals surface area contributed by atoms with E-state index in [4.69, 9.17) is 5.73 Å². The summed E-state index contributed by atoms with van der Waals surface area (Å²) in [6, 6.07) is 5.93. The van der Waals surface area contributed by atoms with Gasteiger partial charge in [-0.1, -0.05) is 37.1 Å². The van der Waals surface area contributed by atoms with Crippen LogP contribution in [0.5, 0.6) is 0 Å². The number of nitrogens with zero attached hydrogens (tertiary/aromatic N) is 1. The van der Waals surface area contributed by atoms with E-state index in [1.54, 1.807) is 4.90 Å². The van der Waals surface area contributed by atoms with Crippen LogP contribution >= 0.6 is 0 Å². The van der Waals surface area contributed by atoms with Crippen LogP contribution < -0.4 is 5.73 Å². The number of carbonyl (C=O) groups is 1. The molecular weight excluding hydrogens is 224 g/mol. The first kappa shape index (κ1) is 14.7. The van der Waals surface area contributed by atoms with Gasteiger partial charge in [-0.2, -0.15) is 0 Å². The van der Waals surface area contributed by atoms with E-state index in [-0.39, 0.29) is 11.9 Å². The number of hydrogen-bond acceptors (Lipinski definition) is 2. The molecule has 0 aromatic heterocycles. The zero-order valence-electron chi connectivity index (χ0n) is 11.9. The normalized spacial score (nSPS) is 12.3. The van der Waals surface area contributed by atoms with Gasteiger partial charge in [-0.05, 0) is 31.4 Å². The molecule has 0 aliphatic rings. The summed E-state index contributed by atoms with van der Waals surface area (Å²) >= 11 is 0. The molecule has 0 bridgehead atoms. The third kappa shape index (κ3) is 3.84. The van der Waals surface area contributed by atoms with Gasteiger partial charge in [0.1, 0.15) is 0 Å². The molecule has 0 radical (unpaired) electrons. The van der Waals surface area contributed by atoms with Gasteiger partial charge in [-0.15, -0.1) is 0 Å². The van der Waals surface area contributed by atoms with Crippen LogP contribution in [0.4, 0.5) is 0 Å². The molecule has 1 amide bonds. The minimum Gasteiger partial charge on any atom is -0.340 e. The standard InChI is InChI=1S/C15H24N2O/c1-5-6-14(16)15(18)17(4)10-13-8-7-11(2)9-12(13)3/h7-9,14H,5-6,10,16H2,1-4H3/t14-/m0/s1. The van der Waals surface area contributed by atoms with E-state index in [0.29, 0.717) is 6.54 Å². The van der Waals surface area contributed by atoms with Crippen molar-refractivity contribution in [1.29, 1.82) is 0 Å². The van der Waals surface area contributed by atoms with Gasteiger partial charge in [0.25, 0.3) is 0 Å². The second-order valence-electron chi connectivity index (χ2n) is 5.02. The third-order valence-electron chi connectivity index (χ3n) is 3.20. The molecule has 0 unspecified atom stereocenters. The van der Waals surface area contributed by atoms with Gasteiger partial charge < -0.3 is 10.6 Å². The van der Waals surface area contributed by atoms with Gasteiger partial charge in [0.2, 0.25) is 5.91 Å². The lowest BCUT2D eigenvalue weighted by molar-refractivity contribution is -0.132. The van der Waals surface area contributed by atoms with E-state index in [2.05, 4.69) is 32.0 Å². The number of benzene rings is 1. The highest BCUT2D eigenvalue weighted by Crippen LogP contribution is 2.13. The van der Waals surface area contributed by atoms with Crippen molar-refractivity contribution in [3.8, 4) is 0 Å². The molecule has 1 rings (SSSR count). The predicted octanol–water partition coefficient (Wildman–Crippen LogP) is 2.39. The first-order chi connectivity index (χ1) is 8.45. The Balaban J connectivity index is 2.69. The number of hydrogen-bond donors (Lipinski definition) is 1. The lowest BCUT2D eigenvalue weighted by atomic mass is 10.0.